The third kappa shape index (κ3) is 6.40. The van der Waals surface area contributed by atoms with Crippen molar-refractivity contribution in [2.24, 2.45) is 0 Å². The number of aliphatic hydroxyl groups excluding tert-OH is 1. The number of hydrogen-bond acceptors (Lipinski definition) is 2. The third-order valence-corrected chi connectivity index (χ3v) is 1.31. The van der Waals surface area contributed by atoms with Crippen LogP contribution in [0.4, 0.5) is 0 Å². The van der Waals surface area contributed by atoms with E-state index in [-0.39, 0.29) is 25.5 Å². The molecule has 0 unspecified atom stereocenters. The Balaban J connectivity index is 0. The van der Waals surface area contributed by atoms with Crippen molar-refractivity contribution in [3.63, 3.8) is 0 Å². The van der Waals surface area contributed by atoms with Crippen molar-refractivity contribution in [2.75, 3.05) is 26.2 Å². The molecule has 0 aromatic rings. The van der Waals surface area contributed by atoms with Gasteiger partial charge in [-0.25, -0.2) is 0 Å². The summed E-state index contributed by atoms with van der Waals surface area (Å²) >= 11 is 0. The molecule has 0 aliphatic heterocycles. The fraction of sp³-hybridized carbons (Fsp3) is 1.00. The van der Waals surface area contributed by atoms with Crippen molar-refractivity contribution in [2.45, 2.75) is 13.8 Å². The number of likely N-dealkylation sites (N-methyl/N-ethyl adjacent to an activating group) is 1. The fourth-order valence-corrected chi connectivity index (χ4v) is 0.681. The minimum absolute atomic E-state index is 0. The van der Waals surface area contributed by atoms with Gasteiger partial charge in [0.2, 0.25) is 0 Å². The molecule has 0 spiro atoms. The van der Waals surface area contributed by atoms with Crippen LogP contribution in [0.1, 0.15) is 13.8 Å². The van der Waals surface area contributed by atoms with E-state index in [4.69, 9.17) is 5.11 Å². The van der Waals surface area contributed by atoms with E-state index in [0.717, 1.165) is 19.6 Å². The predicted octanol–water partition coefficient (Wildman–Crippen LogP) is -0.0603. The van der Waals surface area contributed by atoms with Crippen molar-refractivity contribution in [3.8, 4) is 0 Å². The molecule has 51 valence electrons. The number of hydrogen-bond donors (Lipinski definition) is 1. The van der Waals surface area contributed by atoms with Gasteiger partial charge in [-0.2, -0.15) is 0 Å². The number of nitrogens with zero attached hydrogens (tertiary/aromatic N) is 1. The summed E-state index contributed by atoms with van der Waals surface area (Å²) in [5.41, 5.74) is 0. The quantitative estimate of drug-likeness (QED) is 0.531. The van der Waals surface area contributed by atoms with Crippen molar-refractivity contribution in [3.05, 3.63) is 0 Å². The summed E-state index contributed by atoms with van der Waals surface area (Å²) < 4.78 is 0. The zero-order valence-electron chi connectivity index (χ0n) is 6.72. The average molecular weight is 124 g/mol. The van der Waals surface area contributed by atoms with Gasteiger partial charge in [0.15, 0.2) is 0 Å². The van der Waals surface area contributed by atoms with E-state index in [1.807, 2.05) is 0 Å². The molecule has 0 heterocycles. The molecule has 0 aromatic heterocycles. The standard InChI is InChI=1S/C6H15NO.Li/c1-3-7(4-2)5-6-8;/h8H,3-6H2,1-2H3;. The van der Waals surface area contributed by atoms with Gasteiger partial charge in [-0.05, 0) is 13.1 Å². The van der Waals surface area contributed by atoms with Gasteiger partial charge in [-0.15, -0.1) is 0 Å². The minimum Gasteiger partial charge on any atom is -0.395 e. The first-order chi connectivity index (χ1) is 3.85. The molecule has 0 fully saturated rings. The van der Waals surface area contributed by atoms with Gasteiger partial charge in [-0.1, -0.05) is 13.8 Å². The third-order valence-electron chi connectivity index (χ3n) is 1.31. The molecule has 0 bridgehead atoms. The fourth-order valence-electron chi connectivity index (χ4n) is 0.681. The first-order valence-electron chi connectivity index (χ1n) is 3.18. The van der Waals surface area contributed by atoms with Gasteiger partial charge < -0.3 is 10.0 Å². The second-order valence-corrected chi connectivity index (χ2v) is 1.75. The molecule has 1 N–H and O–H groups in total. The van der Waals surface area contributed by atoms with Crippen LogP contribution >= 0.6 is 0 Å². The summed E-state index contributed by atoms with van der Waals surface area (Å²) in [7, 11) is 0. The van der Waals surface area contributed by atoms with Crippen molar-refractivity contribution in [1.29, 1.82) is 0 Å². The second kappa shape index (κ2) is 8.52. The van der Waals surface area contributed by atoms with Crippen LogP contribution in [0.5, 0.6) is 0 Å². The van der Waals surface area contributed by atoms with E-state index >= 15 is 0 Å². The molecular formula is C6H15LiNO. The Morgan fingerprint density at radius 2 is 1.67 bits per heavy atom. The number of rotatable bonds is 4. The molecule has 1 radical (unpaired) electrons. The second-order valence-electron chi connectivity index (χ2n) is 1.75. The predicted molar refractivity (Wildman–Crippen MR) is 40.6 cm³/mol. The molecule has 0 saturated heterocycles. The summed E-state index contributed by atoms with van der Waals surface area (Å²) in [6, 6.07) is 0. The van der Waals surface area contributed by atoms with Crippen LogP contribution in [-0.2, 0) is 0 Å². The molecular weight excluding hydrogens is 109 g/mol. The Labute approximate surface area is 69.4 Å². The van der Waals surface area contributed by atoms with Crippen LogP contribution < -0.4 is 0 Å². The minimum atomic E-state index is 0. The zero-order valence-corrected chi connectivity index (χ0v) is 6.72. The Hall–Kier alpha value is 0.517. The molecule has 0 aromatic carbocycles. The molecule has 2 nitrogen and oxygen atoms in total. The molecule has 0 amide bonds. The first-order valence-corrected chi connectivity index (χ1v) is 3.18. The Kier molecular flexibility index (Phi) is 11.6. The summed E-state index contributed by atoms with van der Waals surface area (Å²) in [5, 5.41) is 8.46. The van der Waals surface area contributed by atoms with Gasteiger partial charge in [-0.3, -0.25) is 0 Å². The first kappa shape index (κ1) is 12.2. The van der Waals surface area contributed by atoms with Crippen LogP contribution in [0.25, 0.3) is 0 Å². The Morgan fingerprint density at radius 1 is 1.22 bits per heavy atom. The monoisotopic (exact) mass is 124 g/mol. The molecule has 0 saturated carbocycles. The van der Waals surface area contributed by atoms with Gasteiger partial charge >= 0.3 is 0 Å². The Morgan fingerprint density at radius 3 is 1.78 bits per heavy atom. The average Bonchev–Trinajstić information content (AvgIpc) is 1.83. The van der Waals surface area contributed by atoms with E-state index in [0.29, 0.717) is 0 Å². The topological polar surface area (TPSA) is 23.5 Å². The van der Waals surface area contributed by atoms with Crippen molar-refractivity contribution < 1.29 is 5.11 Å². The largest absolute Gasteiger partial charge is 0.395 e. The summed E-state index contributed by atoms with van der Waals surface area (Å²) in [5.74, 6) is 0. The van der Waals surface area contributed by atoms with Crippen molar-refractivity contribution >= 4 is 18.9 Å². The van der Waals surface area contributed by atoms with E-state index in [2.05, 4.69) is 18.7 Å². The van der Waals surface area contributed by atoms with Gasteiger partial charge in [0.25, 0.3) is 0 Å². The smallest absolute Gasteiger partial charge is 0.0558 e. The van der Waals surface area contributed by atoms with Crippen LogP contribution in [0.3, 0.4) is 0 Å². The molecule has 0 rings (SSSR count). The SMILES string of the molecule is CCN(CC)CCO.[Li]. The maximum atomic E-state index is 8.46. The maximum Gasteiger partial charge on any atom is 0.0558 e. The van der Waals surface area contributed by atoms with Gasteiger partial charge in [0.05, 0.1) is 6.61 Å². The number of aliphatic hydroxyl groups is 1. The van der Waals surface area contributed by atoms with E-state index in [1.165, 1.54) is 0 Å². The van der Waals surface area contributed by atoms with Crippen molar-refractivity contribution in [1.82, 2.24) is 4.90 Å². The normalized spacial score (nSPS) is 9.33. The van der Waals surface area contributed by atoms with Crippen LogP contribution in [0, 0.1) is 0 Å². The van der Waals surface area contributed by atoms with E-state index < -0.39 is 0 Å². The van der Waals surface area contributed by atoms with E-state index in [9.17, 15) is 0 Å². The molecule has 0 atom stereocenters. The molecule has 9 heavy (non-hydrogen) atoms. The maximum absolute atomic E-state index is 8.46. The zero-order chi connectivity index (χ0) is 6.41. The molecule has 0 aliphatic carbocycles. The molecule has 3 heteroatoms. The summed E-state index contributed by atoms with van der Waals surface area (Å²) in [6.07, 6.45) is 0. The van der Waals surface area contributed by atoms with Gasteiger partial charge in [0, 0.05) is 25.4 Å². The summed E-state index contributed by atoms with van der Waals surface area (Å²) in [6.45, 7) is 7.36. The summed E-state index contributed by atoms with van der Waals surface area (Å²) in [4.78, 5) is 2.18. The molecule has 0 aliphatic rings. The van der Waals surface area contributed by atoms with Crippen LogP contribution in [0.15, 0.2) is 0 Å². The van der Waals surface area contributed by atoms with Crippen LogP contribution in [0.2, 0.25) is 0 Å². The van der Waals surface area contributed by atoms with Gasteiger partial charge in [0.1, 0.15) is 0 Å². The Bertz CT molecular complexity index is 48.3. The van der Waals surface area contributed by atoms with Crippen LogP contribution in [-0.4, -0.2) is 55.1 Å². The van der Waals surface area contributed by atoms with E-state index in [1.54, 1.807) is 0 Å².